The van der Waals surface area contributed by atoms with E-state index >= 15 is 0 Å². The summed E-state index contributed by atoms with van der Waals surface area (Å²) in [5.74, 6) is 2.84. The summed E-state index contributed by atoms with van der Waals surface area (Å²) in [6.07, 6.45) is 14.0. The van der Waals surface area contributed by atoms with E-state index in [1.54, 1.807) is 0 Å². The van der Waals surface area contributed by atoms with Crippen molar-refractivity contribution in [2.24, 2.45) is 17.8 Å². The van der Waals surface area contributed by atoms with Gasteiger partial charge in [-0.25, -0.2) is 0 Å². The van der Waals surface area contributed by atoms with Gasteiger partial charge in [-0.15, -0.1) is 0 Å². The van der Waals surface area contributed by atoms with Crippen molar-refractivity contribution < 1.29 is 0 Å². The zero-order valence-corrected chi connectivity index (χ0v) is 14.5. The Kier molecular flexibility index (Phi) is 4.68. The van der Waals surface area contributed by atoms with Crippen LogP contribution in [-0.4, -0.2) is 36.1 Å². The van der Waals surface area contributed by atoms with Crippen LogP contribution in [0.2, 0.25) is 0 Å². The Balaban J connectivity index is 1.34. The molecule has 2 heterocycles. The second kappa shape index (κ2) is 6.90. The third-order valence-electron chi connectivity index (χ3n) is 6.47. The molecular weight excluding hydrogens is 282 g/mol. The first-order valence-corrected chi connectivity index (χ1v) is 9.65. The van der Waals surface area contributed by atoms with Crippen LogP contribution in [0.25, 0.3) is 0 Å². The molecule has 3 fully saturated rings. The zero-order valence-electron chi connectivity index (χ0n) is 14.5. The Labute approximate surface area is 140 Å². The molecule has 2 aliphatic carbocycles. The molecule has 23 heavy (non-hydrogen) atoms. The van der Waals surface area contributed by atoms with Crippen LogP contribution < -0.4 is 5.32 Å². The van der Waals surface area contributed by atoms with Crippen LogP contribution in [0.1, 0.15) is 56.6 Å². The minimum atomic E-state index is 0.541. The number of hydrogen-bond acceptors (Lipinski definition) is 3. The summed E-state index contributed by atoms with van der Waals surface area (Å²) in [5.41, 5.74) is 1.39. The van der Waals surface area contributed by atoms with Gasteiger partial charge in [0.1, 0.15) is 0 Å². The highest BCUT2D eigenvalue weighted by atomic mass is 15.2. The maximum atomic E-state index is 4.34. The predicted octanol–water partition coefficient (Wildman–Crippen LogP) is 3.63. The lowest BCUT2D eigenvalue weighted by Crippen LogP contribution is -2.38. The van der Waals surface area contributed by atoms with Gasteiger partial charge in [0.15, 0.2) is 0 Å². The molecule has 0 spiro atoms. The summed E-state index contributed by atoms with van der Waals surface area (Å²) in [4.78, 5) is 6.85. The average Bonchev–Trinajstić information content (AvgIpc) is 3.38. The van der Waals surface area contributed by atoms with Crippen molar-refractivity contribution in [3.8, 4) is 0 Å². The fourth-order valence-corrected chi connectivity index (χ4v) is 5.04. The van der Waals surface area contributed by atoms with E-state index in [1.807, 2.05) is 6.20 Å². The lowest BCUT2D eigenvalue weighted by Gasteiger charge is -2.32. The zero-order chi connectivity index (χ0) is 15.6. The summed E-state index contributed by atoms with van der Waals surface area (Å²) < 4.78 is 0. The fourth-order valence-electron chi connectivity index (χ4n) is 5.04. The third kappa shape index (κ3) is 3.61. The third-order valence-corrected chi connectivity index (χ3v) is 6.47. The van der Waals surface area contributed by atoms with Gasteiger partial charge in [-0.3, -0.25) is 9.88 Å². The van der Waals surface area contributed by atoms with Crippen molar-refractivity contribution in [3.63, 3.8) is 0 Å². The monoisotopic (exact) mass is 313 g/mol. The lowest BCUT2D eigenvalue weighted by molar-refractivity contribution is 0.233. The van der Waals surface area contributed by atoms with Crippen LogP contribution >= 0.6 is 0 Å². The first-order valence-electron chi connectivity index (χ1n) is 9.65. The average molecular weight is 313 g/mol. The molecule has 4 atom stereocenters. The molecule has 0 radical (unpaired) electrons. The van der Waals surface area contributed by atoms with Gasteiger partial charge in [-0.05, 0) is 75.1 Å². The first-order chi connectivity index (χ1) is 11.3. The minimum Gasteiger partial charge on any atom is -0.314 e. The molecule has 2 unspecified atom stereocenters. The van der Waals surface area contributed by atoms with Gasteiger partial charge >= 0.3 is 0 Å². The molecule has 0 bridgehead atoms. The number of pyridine rings is 1. The van der Waals surface area contributed by atoms with Crippen LogP contribution in [0.3, 0.4) is 0 Å². The number of nitrogens with zero attached hydrogens (tertiary/aromatic N) is 2. The predicted molar refractivity (Wildman–Crippen MR) is 94.2 cm³/mol. The quantitative estimate of drug-likeness (QED) is 0.899. The first kappa shape index (κ1) is 15.6. The highest BCUT2D eigenvalue weighted by molar-refractivity contribution is 5.17. The van der Waals surface area contributed by atoms with E-state index in [4.69, 9.17) is 0 Å². The van der Waals surface area contributed by atoms with E-state index in [9.17, 15) is 0 Å². The molecule has 3 aliphatic rings. The summed E-state index contributed by atoms with van der Waals surface area (Å²) in [7, 11) is 2.27. The Bertz CT molecular complexity index is 499. The summed E-state index contributed by atoms with van der Waals surface area (Å²) in [6, 6.07) is 5.64. The van der Waals surface area contributed by atoms with Crippen molar-refractivity contribution in [1.29, 1.82) is 0 Å². The Morgan fingerprint density at radius 2 is 2.09 bits per heavy atom. The smallest absolute Gasteiger partial charge is 0.0401 e. The lowest BCUT2D eigenvalue weighted by atomic mass is 9.82. The van der Waals surface area contributed by atoms with Crippen LogP contribution in [0.15, 0.2) is 24.5 Å². The summed E-state index contributed by atoms with van der Waals surface area (Å²) in [5, 5.41) is 3.95. The molecule has 1 saturated heterocycles. The molecule has 1 aromatic heterocycles. The maximum absolute atomic E-state index is 4.34. The van der Waals surface area contributed by atoms with Gasteiger partial charge in [0, 0.05) is 31.0 Å². The summed E-state index contributed by atoms with van der Waals surface area (Å²) in [6.45, 7) is 2.38. The fraction of sp³-hybridized carbons (Fsp3) is 0.750. The van der Waals surface area contributed by atoms with E-state index in [1.165, 1.54) is 63.6 Å². The number of nitrogens with one attached hydrogen (secondary N) is 1. The molecule has 4 rings (SSSR count). The molecule has 0 aromatic carbocycles. The highest BCUT2D eigenvalue weighted by Crippen LogP contribution is 2.44. The maximum Gasteiger partial charge on any atom is 0.0401 e. The van der Waals surface area contributed by atoms with Crippen LogP contribution in [0.4, 0.5) is 0 Å². The molecule has 126 valence electrons. The number of likely N-dealkylation sites (tertiary alicyclic amines) is 1. The summed E-state index contributed by atoms with van der Waals surface area (Å²) >= 11 is 0. The second-order valence-corrected chi connectivity index (χ2v) is 8.13. The van der Waals surface area contributed by atoms with Crippen molar-refractivity contribution >= 4 is 0 Å². The van der Waals surface area contributed by atoms with E-state index < -0.39 is 0 Å². The minimum absolute atomic E-state index is 0.541. The van der Waals surface area contributed by atoms with E-state index in [2.05, 4.69) is 40.6 Å². The Hall–Kier alpha value is -0.930. The molecule has 3 heteroatoms. The standard InChI is InChI=1S/C20H31N3/c1-23-11-9-18(20(23)17-5-3-10-21-13-17)14-22-19-6-2-4-16(12-19)15-7-8-15/h3,5,10,13,15-16,18-20,22H,2,4,6-9,11-12,14H2,1H3/t16?,18-,19?,20-/m0/s1. The molecule has 0 amide bonds. The van der Waals surface area contributed by atoms with Crippen molar-refractivity contribution in [3.05, 3.63) is 30.1 Å². The van der Waals surface area contributed by atoms with Gasteiger partial charge in [0.05, 0.1) is 0 Å². The van der Waals surface area contributed by atoms with Gasteiger partial charge < -0.3 is 5.32 Å². The number of hydrogen-bond donors (Lipinski definition) is 1. The van der Waals surface area contributed by atoms with Crippen molar-refractivity contribution in [2.75, 3.05) is 20.1 Å². The van der Waals surface area contributed by atoms with Gasteiger partial charge in [0.25, 0.3) is 0 Å². The van der Waals surface area contributed by atoms with E-state index in [-0.39, 0.29) is 0 Å². The Morgan fingerprint density at radius 3 is 2.87 bits per heavy atom. The van der Waals surface area contributed by atoms with Gasteiger partial charge in [-0.1, -0.05) is 18.9 Å². The van der Waals surface area contributed by atoms with Gasteiger partial charge in [0.2, 0.25) is 0 Å². The van der Waals surface area contributed by atoms with E-state index in [0.29, 0.717) is 6.04 Å². The van der Waals surface area contributed by atoms with Crippen LogP contribution in [0.5, 0.6) is 0 Å². The topological polar surface area (TPSA) is 28.2 Å². The van der Waals surface area contributed by atoms with Crippen LogP contribution in [0, 0.1) is 17.8 Å². The normalized spacial score (nSPS) is 35.5. The van der Waals surface area contributed by atoms with Crippen molar-refractivity contribution in [2.45, 2.75) is 57.0 Å². The van der Waals surface area contributed by atoms with Crippen LogP contribution in [-0.2, 0) is 0 Å². The molecule has 1 N–H and O–H groups in total. The molecular formula is C20H31N3. The molecule has 1 aliphatic heterocycles. The molecule has 1 aromatic rings. The number of rotatable bonds is 5. The van der Waals surface area contributed by atoms with Crippen molar-refractivity contribution in [1.82, 2.24) is 15.2 Å². The number of aromatic nitrogens is 1. The largest absolute Gasteiger partial charge is 0.314 e. The molecule has 3 nitrogen and oxygen atoms in total. The Morgan fingerprint density at radius 1 is 1.17 bits per heavy atom. The van der Waals surface area contributed by atoms with E-state index in [0.717, 1.165) is 23.8 Å². The second-order valence-electron chi connectivity index (χ2n) is 8.13. The SMILES string of the molecule is CN1CC[C@@H](CNC2CCCC(C3CC3)C2)[C@@H]1c1cccnc1. The van der Waals surface area contributed by atoms with Gasteiger partial charge in [-0.2, -0.15) is 0 Å². The molecule has 2 saturated carbocycles. The highest BCUT2D eigenvalue weighted by Gasteiger charge is 2.36.